The largest absolute Gasteiger partial charge is 0.454 e. The Kier molecular flexibility index (Phi) is 7.38. The molecule has 3 aromatic rings. The lowest BCUT2D eigenvalue weighted by Gasteiger charge is -2.18. The van der Waals surface area contributed by atoms with Gasteiger partial charge in [-0.3, -0.25) is 9.59 Å². The molecule has 1 fully saturated rings. The van der Waals surface area contributed by atoms with E-state index in [9.17, 15) is 9.59 Å². The maximum Gasteiger partial charge on any atom is 0.251 e. The number of benzene rings is 3. The highest BCUT2D eigenvalue weighted by Crippen LogP contribution is 2.51. The molecule has 0 unspecified atom stereocenters. The van der Waals surface area contributed by atoms with Crippen LogP contribution in [0.1, 0.15) is 47.7 Å². The zero-order valence-electron chi connectivity index (χ0n) is 22.3. The van der Waals surface area contributed by atoms with E-state index in [1.54, 1.807) is 0 Å². The quantitative estimate of drug-likeness (QED) is 0.373. The Balaban J connectivity index is 1.29. The van der Waals surface area contributed by atoms with Crippen LogP contribution >= 0.6 is 0 Å². The molecule has 7 nitrogen and oxygen atoms in total. The van der Waals surface area contributed by atoms with E-state index in [-0.39, 0.29) is 18.6 Å². The number of anilines is 1. The van der Waals surface area contributed by atoms with E-state index >= 15 is 0 Å². The van der Waals surface area contributed by atoms with Crippen LogP contribution in [-0.2, 0) is 16.6 Å². The number of nitrogens with zero attached hydrogens (tertiary/aromatic N) is 1. The SMILES string of the molecule is CCc1ccc(NC(=O)C2(c3ccc4c(c3)OCO4)CC2)cc1-c1ccc(C(=O)NCCCN(C)C)cc1. The van der Waals surface area contributed by atoms with Crippen molar-refractivity contribution in [3.63, 3.8) is 0 Å². The van der Waals surface area contributed by atoms with Gasteiger partial charge in [0.15, 0.2) is 11.5 Å². The fourth-order valence-corrected chi connectivity index (χ4v) is 4.95. The minimum absolute atomic E-state index is 0.00662. The first-order valence-corrected chi connectivity index (χ1v) is 13.3. The molecule has 2 aliphatic rings. The smallest absolute Gasteiger partial charge is 0.251 e. The van der Waals surface area contributed by atoms with Crippen LogP contribution < -0.4 is 20.1 Å². The van der Waals surface area contributed by atoms with Crippen molar-refractivity contribution < 1.29 is 19.1 Å². The first kappa shape index (κ1) is 25.8. The first-order chi connectivity index (χ1) is 18.4. The van der Waals surface area contributed by atoms with Crippen molar-refractivity contribution in [2.24, 2.45) is 0 Å². The van der Waals surface area contributed by atoms with Gasteiger partial charge in [-0.25, -0.2) is 0 Å². The zero-order valence-corrected chi connectivity index (χ0v) is 22.3. The summed E-state index contributed by atoms with van der Waals surface area (Å²) in [6, 6.07) is 19.5. The van der Waals surface area contributed by atoms with E-state index in [1.807, 2.05) is 68.7 Å². The van der Waals surface area contributed by atoms with Gasteiger partial charge in [0, 0.05) is 17.8 Å². The van der Waals surface area contributed by atoms with Gasteiger partial charge in [-0.2, -0.15) is 0 Å². The zero-order chi connectivity index (χ0) is 26.7. The molecule has 198 valence electrons. The molecule has 1 heterocycles. The molecule has 0 spiro atoms. The lowest BCUT2D eigenvalue weighted by Crippen LogP contribution is -2.27. The second kappa shape index (κ2) is 10.9. The van der Waals surface area contributed by atoms with E-state index in [0.717, 1.165) is 60.4 Å². The third-order valence-electron chi connectivity index (χ3n) is 7.38. The molecule has 0 radical (unpaired) electrons. The van der Waals surface area contributed by atoms with Crippen molar-refractivity contribution in [3.8, 4) is 22.6 Å². The maximum atomic E-state index is 13.4. The van der Waals surface area contributed by atoms with Gasteiger partial charge in [-0.05, 0) is 105 Å². The predicted octanol–water partition coefficient (Wildman–Crippen LogP) is 5.00. The van der Waals surface area contributed by atoms with Crippen LogP contribution in [0.2, 0.25) is 0 Å². The highest BCUT2D eigenvalue weighted by Gasteiger charge is 2.51. The number of fused-ring (bicyclic) bond motifs is 1. The fourth-order valence-electron chi connectivity index (χ4n) is 4.95. The van der Waals surface area contributed by atoms with Crippen molar-refractivity contribution in [2.45, 2.75) is 38.0 Å². The van der Waals surface area contributed by atoms with Gasteiger partial charge >= 0.3 is 0 Å². The Labute approximate surface area is 224 Å². The molecule has 7 heteroatoms. The second-order valence-electron chi connectivity index (χ2n) is 10.3. The van der Waals surface area contributed by atoms with E-state index in [4.69, 9.17) is 9.47 Å². The molecule has 3 aromatic carbocycles. The van der Waals surface area contributed by atoms with Crippen LogP contribution in [0, 0.1) is 0 Å². The second-order valence-corrected chi connectivity index (χ2v) is 10.3. The molecular formula is C31H35N3O4. The molecule has 0 bridgehead atoms. The number of nitrogens with one attached hydrogen (secondary N) is 2. The number of hydrogen-bond donors (Lipinski definition) is 2. The molecule has 0 saturated heterocycles. The average molecular weight is 514 g/mol. The van der Waals surface area contributed by atoms with Crippen molar-refractivity contribution in [3.05, 3.63) is 77.4 Å². The van der Waals surface area contributed by atoms with Gasteiger partial charge < -0.3 is 25.0 Å². The lowest BCUT2D eigenvalue weighted by molar-refractivity contribution is -0.118. The van der Waals surface area contributed by atoms with Crippen LogP contribution in [0.25, 0.3) is 11.1 Å². The van der Waals surface area contributed by atoms with E-state index in [2.05, 4.69) is 28.5 Å². The molecule has 2 amide bonds. The molecule has 1 aliphatic carbocycles. The third-order valence-corrected chi connectivity index (χ3v) is 7.38. The summed E-state index contributed by atoms with van der Waals surface area (Å²) in [6.45, 7) is 3.91. The number of carbonyl (C=O) groups is 2. The van der Waals surface area contributed by atoms with E-state index in [0.29, 0.717) is 17.9 Å². The van der Waals surface area contributed by atoms with Gasteiger partial charge in [-0.15, -0.1) is 0 Å². The lowest BCUT2D eigenvalue weighted by atomic mass is 9.93. The molecule has 5 rings (SSSR count). The van der Waals surface area contributed by atoms with Gasteiger partial charge in [-0.1, -0.05) is 31.2 Å². The van der Waals surface area contributed by atoms with Crippen molar-refractivity contribution in [1.82, 2.24) is 10.2 Å². The summed E-state index contributed by atoms with van der Waals surface area (Å²) in [5.74, 6) is 1.34. The monoisotopic (exact) mass is 513 g/mol. The molecule has 1 aliphatic heterocycles. The minimum Gasteiger partial charge on any atom is -0.454 e. The highest BCUT2D eigenvalue weighted by atomic mass is 16.7. The summed E-state index contributed by atoms with van der Waals surface area (Å²) in [5.41, 5.74) is 5.07. The van der Waals surface area contributed by atoms with E-state index < -0.39 is 5.41 Å². The summed E-state index contributed by atoms with van der Waals surface area (Å²) < 4.78 is 10.9. The van der Waals surface area contributed by atoms with Crippen molar-refractivity contribution in [2.75, 3.05) is 39.3 Å². The Hall–Kier alpha value is -3.84. The van der Waals surface area contributed by atoms with Gasteiger partial charge in [0.2, 0.25) is 12.7 Å². The number of aryl methyl sites for hydroxylation is 1. The molecule has 1 saturated carbocycles. The summed E-state index contributed by atoms with van der Waals surface area (Å²) in [5, 5.41) is 6.15. The average Bonchev–Trinajstić information content (AvgIpc) is 3.61. The normalized spacial score (nSPS) is 14.8. The predicted molar refractivity (Wildman–Crippen MR) is 149 cm³/mol. The van der Waals surface area contributed by atoms with Crippen LogP contribution in [-0.4, -0.2) is 50.7 Å². The van der Waals surface area contributed by atoms with Gasteiger partial charge in [0.1, 0.15) is 0 Å². The Morgan fingerprint density at radius 2 is 1.71 bits per heavy atom. The van der Waals surface area contributed by atoms with Gasteiger partial charge in [0.25, 0.3) is 5.91 Å². The minimum atomic E-state index is -0.536. The van der Waals surface area contributed by atoms with Crippen LogP contribution in [0.4, 0.5) is 5.69 Å². The topological polar surface area (TPSA) is 79.9 Å². The molecular weight excluding hydrogens is 478 g/mol. The number of hydrogen-bond acceptors (Lipinski definition) is 5. The van der Waals surface area contributed by atoms with Gasteiger partial charge in [0.05, 0.1) is 5.41 Å². The number of ether oxygens (including phenoxy) is 2. The molecule has 38 heavy (non-hydrogen) atoms. The molecule has 0 atom stereocenters. The summed E-state index contributed by atoms with van der Waals surface area (Å²) >= 11 is 0. The van der Waals surface area contributed by atoms with Crippen LogP contribution in [0.15, 0.2) is 60.7 Å². The van der Waals surface area contributed by atoms with E-state index in [1.165, 1.54) is 5.56 Å². The molecule has 2 N–H and O–H groups in total. The Morgan fingerprint density at radius 1 is 0.947 bits per heavy atom. The summed E-state index contributed by atoms with van der Waals surface area (Å²) in [7, 11) is 4.05. The van der Waals surface area contributed by atoms with Crippen molar-refractivity contribution >= 4 is 17.5 Å². The number of carbonyl (C=O) groups excluding carboxylic acids is 2. The maximum absolute atomic E-state index is 13.4. The number of amides is 2. The summed E-state index contributed by atoms with van der Waals surface area (Å²) in [6.07, 6.45) is 3.37. The van der Waals surface area contributed by atoms with Crippen LogP contribution in [0.3, 0.4) is 0 Å². The standard InChI is InChI=1S/C31H35N3O4/c1-4-21-10-12-25(33-30(36)31(14-15-31)24-11-13-27-28(18-24)38-20-37-27)19-26(21)22-6-8-23(9-7-22)29(35)32-16-5-17-34(2)3/h6-13,18-19H,4-5,14-17,20H2,1-3H3,(H,32,35)(H,33,36). The molecule has 0 aromatic heterocycles. The Morgan fingerprint density at radius 3 is 2.42 bits per heavy atom. The fraction of sp³-hybridized carbons (Fsp3) is 0.355. The number of rotatable bonds is 10. The Bertz CT molecular complexity index is 1330. The first-order valence-electron chi connectivity index (χ1n) is 13.3. The van der Waals surface area contributed by atoms with Crippen molar-refractivity contribution in [1.29, 1.82) is 0 Å². The third kappa shape index (κ3) is 5.38. The summed E-state index contributed by atoms with van der Waals surface area (Å²) in [4.78, 5) is 28.1. The highest BCUT2D eigenvalue weighted by molar-refractivity contribution is 6.02. The van der Waals surface area contributed by atoms with Crippen LogP contribution in [0.5, 0.6) is 11.5 Å².